The third-order valence-corrected chi connectivity index (χ3v) is 2.38. The van der Waals surface area contributed by atoms with Crippen molar-refractivity contribution < 1.29 is 30.3 Å². The summed E-state index contributed by atoms with van der Waals surface area (Å²) in [5.74, 6) is -2.26. The topological polar surface area (TPSA) is 134 Å². The molecule has 15 heavy (non-hydrogen) atoms. The van der Waals surface area contributed by atoms with Gasteiger partial charge in [0.25, 0.3) is 0 Å². The van der Waals surface area contributed by atoms with E-state index in [4.69, 9.17) is 15.1 Å². The molecule has 5 atom stereocenters. The maximum atomic E-state index is 9.65. The van der Waals surface area contributed by atoms with Gasteiger partial charge in [0.05, 0.1) is 19.1 Å². The number of ether oxygens (including phenoxy) is 1. The Labute approximate surface area is 85.8 Å². The van der Waals surface area contributed by atoms with Crippen molar-refractivity contribution in [2.75, 3.05) is 6.61 Å². The maximum absolute atomic E-state index is 9.65. The molecule has 0 saturated carbocycles. The molecule has 5 N–H and O–H groups in total. The molecule has 0 aliphatic carbocycles. The summed E-state index contributed by atoms with van der Waals surface area (Å²) in [6.07, 6.45) is -6.79. The minimum Gasteiger partial charge on any atom is -0.394 e. The fourth-order valence-corrected chi connectivity index (χ4v) is 1.48. The number of aliphatic hydroxyl groups excluding tert-OH is 4. The predicted octanol–water partition coefficient (Wildman–Crippen LogP) is -2.94. The van der Waals surface area contributed by atoms with E-state index in [2.05, 4.69) is 0 Å². The van der Waals surface area contributed by atoms with Gasteiger partial charge in [0, 0.05) is 0 Å². The van der Waals surface area contributed by atoms with Crippen LogP contribution in [0.15, 0.2) is 0 Å². The van der Waals surface area contributed by atoms with E-state index in [1.807, 2.05) is 0 Å². The van der Waals surface area contributed by atoms with Crippen LogP contribution in [0.25, 0.3) is 0 Å². The summed E-state index contributed by atoms with van der Waals surface area (Å²) in [5.41, 5.74) is 0. The van der Waals surface area contributed by atoms with E-state index in [9.17, 15) is 20.4 Å². The molecule has 0 aromatic carbocycles. The smallest absolute Gasteiger partial charge is 0.208 e. The van der Waals surface area contributed by atoms with Crippen LogP contribution in [0.2, 0.25) is 0 Å². The van der Waals surface area contributed by atoms with Gasteiger partial charge in [0.1, 0.15) is 24.4 Å². The van der Waals surface area contributed by atoms with Crippen LogP contribution in [0.1, 0.15) is 6.42 Å². The molecule has 1 fully saturated rings. The standard InChI is InChI=1S/C8H13NO6/c9-2-1-8(14)7(13)6(12)5(11)4(3-10)15-8/h4-7,10-14H,1,3H2/t4?,5?,6?,7?,8-/m0/s1. The van der Waals surface area contributed by atoms with E-state index in [1.165, 1.54) is 0 Å². The molecule has 86 valence electrons. The third kappa shape index (κ3) is 2.10. The third-order valence-electron chi connectivity index (χ3n) is 2.38. The lowest BCUT2D eigenvalue weighted by Gasteiger charge is -2.44. The number of aliphatic hydroxyl groups is 5. The van der Waals surface area contributed by atoms with Gasteiger partial charge in [-0.3, -0.25) is 0 Å². The lowest BCUT2D eigenvalue weighted by atomic mass is 9.91. The summed E-state index contributed by atoms with van der Waals surface area (Å²) in [7, 11) is 0. The largest absolute Gasteiger partial charge is 0.394 e. The quantitative estimate of drug-likeness (QED) is 0.335. The Morgan fingerprint density at radius 3 is 2.33 bits per heavy atom. The van der Waals surface area contributed by atoms with Gasteiger partial charge in [0.2, 0.25) is 5.79 Å². The van der Waals surface area contributed by atoms with Crippen LogP contribution in [0.5, 0.6) is 0 Å². The molecular formula is C8H13NO6. The Hall–Kier alpha value is -0.750. The van der Waals surface area contributed by atoms with Gasteiger partial charge >= 0.3 is 0 Å². The Kier molecular flexibility index (Phi) is 3.62. The van der Waals surface area contributed by atoms with Crippen molar-refractivity contribution in [1.82, 2.24) is 0 Å². The van der Waals surface area contributed by atoms with Crippen LogP contribution in [0, 0.1) is 11.3 Å². The zero-order valence-electron chi connectivity index (χ0n) is 7.82. The van der Waals surface area contributed by atoms with Crippen LogP contribution >= 0.6 is 0 Å². The van der Waals surface area contributed by atoms with Crippen LogP contribution in [0.3, 0.4) is 0 Å². The zero-order chi connectivity index (χ0) is 11.6. The number of nitrogens with zero attached hydrogens (tertiary/aromatic N) is 1. The van der Waals surface area contributed by atoms with Gasteiger partial charge in [-0.25, -0.2) is 0 Å². The first-order chi connectivity index (χ1) is 6.96. The second kappa shape index (κ2) is 4.40. The molecular weight excluding hydrogens is 206 g/mol. The molecule has 1 rings (SSSR count). The van der Waals surface area contributed by atoms with Crippen molar-refractivity contribution in [2.45, 2.75) is 36.6 Å². The summed E-state index contributed by atoms with van der Waals surface area (Å²) < 4.78 is 4.78. The molecule has 1 saturated heterocycles. The first-order valence-corrected chi connectivity index (χ1v) is 4.38. The van der Waals surface area contributed by atoms with Gasteiger partial charge in [0.15, 0.2) is 0 Å². The van der Waals surface area contributed by atoms with Crippen molar-refractivity contribution >= 4 is 0 Å². The van der Waals surface area contributed by atoms with Crippen LogP contribution in [-0.2, 0) is 4.74 Å². The Balaban J connectivity index is 2.88. The lowest BCUT2D eigenvalue weighted by Crippen LogP contribution is -2.65. The number of hydrogen-bond acceptors (Lipinski definition) is 7. The van der Waals surface area contributed by atoms with Gasteiger partial charge in [-0.1, -0.05) is 0 Å². The van der Waals surface area contributed by atoms with Crippen molar-refractivity contribution in [1.29, 1.82) is 5.26 Å². The van der Waals surface area contributed by atoms with E-state index >= 15 is 0 Å². The lowest BCUT2D eigenvalue weighted by molar-refractivity contribution is -0.346. The van der Waals surface area contributed by atoms with Gasteiger partial charge in [-0.15, -0.1) is 0 Å². The van der Waals surface area contributed by atoms with E-state index in [-0.39, 0.29) is 0 Å². The molecule has 4 unspecified atom stereocenters. The minimum absolute atomic E-state index is 0.575. The summed E-state index contributed by atoms with van der Waals surface area (Å²) in [5, 5.41) is 54.9. The average Bonchev–Trinajstić information content (AvgIpc) is 2.21. The van der Waals surface area contributed by atoms with Gasteiger partial charge in [-0.2, -0.15) is 5.26 Å². The van der Waals surface area contributed by atoms with Crippen molar-refractivity contribution in [3.8, 4) is 6.07 Å². The first-order valence-electron chi connectivity index (χ1n) is 4.38. The normalized spacial score (nSPS) is 46.1. The number of rotatable bonds is 2. The van der Waals surface area contributed by atoms with Gasteiger partial charge < -0.3 is 30.3 Å². The molecule has 1 heterocycles. The Morgan fingerprint density at radius 1 is 1.27 bits per heavy atom. The molecule has 1 aliphatic rings. The Morgan fingerprint density at radius 2 is 1.87 bits per heavy atom. The SMILES string of the molecule is N#CC[C@]1(O)OC(CO)C(O)C(O)C1O. The molecule has 7 nitrogen and oxygen atoms in total. The van der Waals surface area contributed by atoms with Crippen molar-refractivity contribution in [3.63, 3.8) is 0 Å². The van der Waals surface area contributed by atoms with E-state index < -0.39 is 43.2 Å². The highest BCUT2D eigenvalue weighted by Crippen LogP contribution is 2.30. The van der Waals surface area contributed by atoms with Crippen molar-refractivity contribution in [2.24, 2.45) is 0 Å². The molecule has 0 aromatic heterocycles. The first kappa shape index (κ1) is 12.3. The average molecular weight is 219 g/mol. The van der Waals surface area contributed by atoms with E-state index in [1.54, 1.807) is 6.07 Å². The highest BCUT2D eigenvalue weighted by molar-refractivity contribution is 4.99. The van der Waals surface area contributed by atoms with Crippen LogP contribution < -0.4 is 0 Å². The van der Waals surface area contributed by atoms with Crippen LogP contribution in [-0.4, -0.2) is 62.3 Å². The number of nitriles is 1. The van der Waals surface area contributed by atoms with E-state index in [0.717, 1.165) is 0 Å². The Bertz CT molecular complexity index is 264. The summed E-state index contributed by atoms with van der Waals surface area (Å²) in [6, 6.07) is 1.58. The zero-order valence-corrected chi connectivity index (χ0v) is 7.82. The highest BCUT2D eigenvalue weighted by Gasteiger charge is 2.52. The monoisotopic (exact) mass is 219 g/mol. The fourth-order valence-electron chi connectivity index (χ4n) is 1.48. The summed E-state index contributed by atoms with van der Waals surface area (Å²) >= 11 is 0. The molecule has 0 radical (unpaired) electrons. The molecule has 0 bridgehead atoms. The summed E-state index contributed by atoms with van der Waals surface area (Å²) in [6.45, 7) is -0.640. The predicted molar refractivity (Wildman–Crippen MR) is 45.2 cm³/mol. The molecule has 0 aromatic rings. The van der Waals surface area contributed by atoms with Gasteiger partial charge in [-0.05, 0) is 0 Å². The maximum Gasteiger partial charge on any atom is 0.208 e. The molecule has 0 amide bonds. The second-order valence-corrected chi connectivity index (χ2v) is 3.44. The van der Waals surface area contributed by atoms with Crippen LogP contribution in [0.4, 0.5) is 0 Å². The molecule has 0 spiro atoms. The van der Waals surface area contributed by atoms with E-state index in [0.29, 0.717) is 0 Å². The van der Waals surface area contributed by atoms with Crippen molar-refractivity contribution in [3.05, 3.63) is 0 Å². The number of hydrogen-bond donors (Lipinski definition) is 5. The minimum atomic E-state index is -2.26. The molecule has 1 aliphatic heterocycles. The fraction of sp³-hybridized carbons (Fsp3) is 0.875. The molecule has 7 heteroatoms. The highest BCUT2D eigenvalue weighted by atomic mass is 16.7. The summed E-state index contributed by atoms with van der Waals surface area (Å²) in [4.78, 5) is 0. The second-order valence-electron chi connectivity index (χ2n) is 3.44.